The highest BCUT2D eigenvalue weighted by atomic mass is 16.5. The zero-order valence-corrected chi connectivity index (χ0v) is 22.5. The number of carbonyl (C=O) groups excluding carboxylic acids is 2. The van der Waals surface area contributed by atoms with Crippen molar-refractivity contribution >= 4 is 17.5 Å². The van der Waals surface area contributed by atoms with Crippen LogP contribution in [0.3, 0.4) is 0 Å². The fourth-order valence-corrected chi connectivity index (χ4v) is 4.85. The van der Waals surface area contributed by atoms with Crippen molar-refractivity contribution in [3.63, 3.8) is 0 Å². The van der Waals surface area contributed by atoms with Crippen LogP contribution in [0.25, 0.3) is 11.1 Å². The second kappa shape index (κ2) is 12.3. The number of hydrogen-bond donors (Lipinski definition) is 4. The number of aromatic nitrogens is 2. The summed E-state index contributed by atoms with van der Waals surface area (Å²) in [6.45, 7) is 1.81. The lowest BCUT2D eigenvalue weighted by molar-refractivity contribution is -0.120. The van der Waals surface area contributed by atoms with Gasteiger partial charge in [0.05, 0.1) is 45.9 Å². The summed E-state index contributed by atoms with van der Waals surface area (Å²) in [5, 5.41) is 8.76. The molecule has 1 aliphatic carbocycles. The molecule has 1 atom stereocenters. The molecule has 0 saturated heterocycles. The molecule has 1 heterocycles. The van der Waals surface area contributed by atoms with Crippen LogP contribution >= 0.6 is 0 Å². The Morgan fingerprint density at radius 1 is 1.10 bits per heavy atom. The highest BCUT2D eigenvalue weighted by molar-refractivity contribution is 5.84. The highest BCUT2D eigenvalue weighted by Gasteiger charge is 2.29. The van der Waals surface area contributed by atoms with Gasteiger partial charge >= 0.3 is 0 Å². The molecule has 2 amide bonds. The zero-order valence-electron chi connectivity index (χ0n) is 22.5. The summed E-state index contributed by atoms with van der Waals surface area (Å²) in [6, 6.07) is 6.46. The van der Waals surface area contributed by atoms with E-state index in [4.69, 9.17) is 14.2 Å². The molecule has 0 unspecified atom stereocenters. The lowest BCUT2D eigenvalue weighted by Gasteiger charge is -2.19. The van der Waals surface area contributed by atoms with E-state index in [1.807, 2.05) is 12.1 Å². The van der Waals surface area contributed by atoms with E-state index >= 15 is 0 Å². The predicted octanol–water partition coefficient (Wildman–Crippen LogP) is 2.36. The number of imidazole rings is 1. The third-order valence-electron chi connectivity index (χ3n) is 6.63. The van der Waals surface area contributed by atoms with Gasteiger partial charge in [0.2, 0.25) is 23.0 Å². The molecule has 39 heavy (non-hydrogen) atoms. The van der Waals surface area contributed by atoms with Gasteiger partial charge in [0.1, 0.15) is 0 Å². The Labute approximate surface area is 226 Å². The first-order chi connectivity index (χ1) is 18.9. The third-order valence-corrected chi connectivity index (χ3v) is 6.63. The van der Waals surface area contributed by atoms with Crippen molar-refractivity contribution in [3.05, 3.63) is 63.8 Å². The van der Waals surface area contributed by atoms with Crippen LogP contribution < -0.4 is 35.6 Å². The molecule has 0 bridgehead atoms. The zero-order chi connectivity index (χ0) is 27.9. The number of aromatic amines is 1. The van der Waals surface area contributed by atoms with Crippen LogP contribution in [-0.2, 0) is 22.4 Å². The molecular weight excluding hydrogens is 502 g/mol. The van der Waals surface area contributed by atoms with Crippen molar-refractivity contribution in [3.8, 4) is 28.4 Å². The molecule has 1 aliphatic rings. The number of nitrogens with zero attached hydrogens (tertiary/aromatic N) is 1. The molecule has 4 rings (SSSR count). The maximum Gasteiger partial charge on any atom is 0.239 e. The van der Waals surface area contributed by atoms with Crippen molar-refractivity contribution in [2.45, 2.75) is 32.2 Å². The van der Waals surface area contributed by atoms with Gasteiger partial charge in [0.25, 0.3) is 0 Å². The van der Waals surface area contributed by atoms with E-state index in [0.29, 0.717) is 54.2 Å². The van der Waals surface area contributed by atoms with E-state index in [-0.39, 0.29) is 29.5 Å². The number of methoxy groups -OCH3 is 3. The number of benzene rings is 1. The maximum absolute atomic E-state index is 13.3. The summed E-state index contributed by atoms with van der Waals surface area (Å²) in [5.41, 5.74) is 3.93. The fraction of sp³-hybridized carbons (Fsp3) is 0.357. The first-order valence-corrected chi connectivity index (χ1v) is 12.6. The number of aryl methyl sites for hydroxylation is 1. The molecule has 3 aromatic rings. The van der Waals surface area contributed by atoms with Gasteiger partial charge in [-0.15, -0.1) is 0 Å². The van der Waals surface area contributed by atoms with E-state index in [1.54, 1.807) is 32.8 Å². The van der Waals surface area contributed by atoms with Crippen molar-refractivity contribution in [2.24, 2.45) is 0 Å². The average molecular weight is 536 g/mol. The number of carbonyl (C=O) groups is 2. The minimum absolute atomic E-state index is 0.0764. The Balaban J connectivity index is 1.69. The number of hydrogen-bond acceptors (Lipinski definition) is 8. The highest BCUT2D eigenvalue weighted by Crippen LogP contribution is 2.50. The molecule has 0 saturated carbocycles. The molecular formula is C28H33N5O6. The minimum Gasteiger partial charge on any atom is -0.493 e. The summed E-state index contributed by atoms with van der Waals surface area (Å²) in [5.74, 6) is 0.978. The van der Waals surface area contributed by atoms with Crippen LogP contribution in [0.1, 0.15) is 36.2 Å². The van der Waals surface area contributed by atoms with Gasteiger partial charge in [-0.25, -0.2) is 4.98 Å². The lowest BCUT2D eigenvalue weighted by Crippen LogP contribution is -2.32. The molecule has 4 N–H and O–H groups in total. The third kappa shape index (κ3) is 6.14. The van der Waals surface area contributed by atoms with Gasteiger partial charge in [0.15, 0.2) is 11.5 Å². The Hall–Kier alpha value is -4.54. The number of ether oxygens (including phenoxy) is 3. The number of H-pyrrole nitrogens is 1. The lowest BCUT2D eigenvalue weighted by atomic mass is 9.95. The second-order valence-corrected chi connectivity index (χ2v) is 9.13. The van der Waals surface area contributed by atoms with Crippen molar-refractivity contribution in [1.82, 2.24) is 20.6 Å². The number of rotatable bonds is 10. The van der Waals surface area contributed by atoms with Gasteiger partial charge in [0, 0.05) is 37.3 Å². The summed E-state index contributed by atoms with van der Waals surface area (Å²) in [7, 11) is 4.64. The van der Waals surface area contributed by atoms with E-state index in [0.717, 1.165) is 16.8 Å². The summed E-state index contributed by atoms with van der Waals surface area (Å²) >= 11 is 0. The van der Waals surface area contributed by atoms with Crippen molar-refractivity contribution in [2.75, 3.05) is 39.7 Å². The molecule has 206 valence electrons. The van der Waals surface area contributed by atoms with Gasteiger partial charge in [-0.2, -0.15) is 0 Å². The molecule has 0 fully saturated rings. The molecule has 1 aromatic heterocycles. The minimum atomic E-state index is -0.412. The molecule has 11 heteroatoms. The van der Waals surface area contributed by atoms with Crippen molar-refractivity contribution < 1.29 is 23.8 Å². The van der Waals surface area contributed by atoms with Crippen LogP contribution in [0.4, 0.5) is 5.69 Å². The number of nitrogens with one attached hydrogen (secondary N) is 4. The van der Waals surface area contributed by atoms with Gasteiger partial charge in [-0.1, -0.05) is 6.07 Å². The van der Waals surface area contributed by atoms with E-state index < -0.39 is 6.04 Å². The fourth-order valence-electron chi connectivity index (χ4n) is 4.85. The largest absolute Gasteiger partial charge is 0.493 e. The van der Waals surface area contributed by atoms with E-state index in [2.05, 4.69) is 25.9 Å². The van der Waals surface area contributed by atoms with Crippen LogP contribution in [-0.4, -0.2) is 56.2 Å². The number of anilines is 1. The van der Waals surface area contributed by atoms with Gasteiger partial charge in [-0.3, -0.25) is 14.4 Å². The van der Waals surface area contributed by atoms with Crippen LogP contribution in [0, 0.1) is 0 Å². The first-order valence-electron chi connectivity index (χ1n) is 12.6. The monoisotopic (exact) mass is 535 g/mol. The average Bonchev–Trinajstić information content (AvgIpc) is 3.33. The first kappa shape index (κ1) is 27.5. The molecule has 11 nitrogen and oxygen atoms in total. The molecule has 2 aromatic carbocycles. The SMILES string of the molecule is COc1cc2c(c(OC)c1OC)-c1ccc(NCC(=O)NCCc3cnc[nH]3)c(=O)cc1[C@@H](NC(C)=O)CC2. The van der Waals surface area contributed by atoms with Crippen LogP contribution in [0.15, 0.2) is 41.6 Å². The molecule has 0 aliphatic heterocycles. The quantitative estimate of drug-likeness (QED) is 0.310. The summed E-state index contributed by atoms with van der Waals surface area (Å²) < 4.78 is 17.0. The Kier molecular flexibility index (Phi) is 8.70. The Morgan fingerprint density at radius 3 is 2.56 bits per heavy atom. The summed E-state index contributed by atoms with van der Waals surface area (Å²) in [6.07, 6.45) is 5.07. The normalized spacial score (nSPS) is 13.8. The standard InChI is InChI=1S/C28H33N5O6/c1-16(34)33-21-7-5-17-11-24(37-2)27(38-3)28(39-4)26(17)19-6-8-22(23(35)12-20(19)21)31-14-25(36)30-10-9-18-13-29-15-32-18/h6,8,11-13,15,21H,5,7,9-10,14H2,1-4H3,(H,29,32)(H,30,36)(H,31,35)(H,33,34)/t21-/m0/s1. The topological polar surface area (TPSA) is 144 Å². The summed E-state index contributed by atoms with van der Waals surface area (Å²) in [4.78, 5) is 44.7. The van der Waals surface area contributed by atoms with E-state index in [1.165, 1.54) is 20.1 Å². The smallest absolute Gasteiger partial charge is 0.239 e. The van der Waals surface area contributed by atoms with Gasteiger partial charge < -0.3 is 35.1 Å². The van der Waals surface area contributed by atoms with Crippen LogP contribution in [0.5, 0.6) is 17.2 Å². The number of fused-ring (bicyclic) bond motifs is 3. The van der Waals surface area contributed by atoms with Gasteiger partial charge in [-0.05, 0) is 47.7 Å². The Morgan fingerprint density at radius 2 is 1.90 bits per heavy atom. The van der Waals surface area contributed by atoms with Crippen LogP contribution in [0.2, 0.25) is 0 Å². The molecule has 0 radical (unpaired) electrons. The second-order valence-electron chi connectivity index (χ2n) is 9.13. The number of amides is 2. The maximum atomic E-state index is 13.3. The predicted molar refractivity (Wildman–Crippen MR) is 146 cm³/mol. The van der Waals surface area contributed by atoms with E-state index in [9.17, 15) is 14.4 Å². The van der Waals surface area contributed by atoms with Crippen molar-refractivity contribution in [1.29, 1.82) is 0 Å². The Bertz CT molecular complexity index is 1410. The molecule has 0 spiro atoms.